The Kier molecular flexibility index (Phi) is 5.02. The monoisotopic (exact) mass is 353 g/mol. The molecule has 1 amide bonds. The molecule has 2 aliphatic rings. The Morgan fingerprint density at radius 2 is 1.81 bits per heavy atom. The van der Waals surface area contributed by atoms with Gasteiger partial charge in [-0.15, -0.1) is 0 Å². The number of hydrogen-bond donors (Lipinski definition) is 2. The molecule has 0 unspecified atom stereocenters. The average Bonchev–Trinajstić information content (AvgIpc) is 3.39. The van der Waals surface area contributed by atoms with Gasteiger partial charge in [0, 0.05) is 5.56 Å². The number of hydrogen-bond acceptors (Lipinski definition) is 4. The average molecular weight is 353 g/mol. The number of H-pyrrole nitrogens is 1. The maximum Gasteiger partial charge on any atom is 0.240 e. The van der Waals surface area contributed by atoms with Crippen LogP contribution in [0, 0.1) is 0 Å². The largest absolute Gasteiger partial charge is 0.347 e. The van der Waals surface area contributed by atoms with Gasteiger partial charge in [0.2, 0.25) is 5.91 Å². The Morgan fingerprint density at radius 3 is 2.54 bits per heavy atom. The second-order valence-electron chi connectivity index (χ2n) is 7.44. The van der Waals surface area contributed by atoms with Crippen molar-refractivity contribution in [2.75, 3.05) is 13.1 Å². The van der Waals surface area contributed by atoms with Crippen molar-refractivity contribution in [2.45, 2.75) is 57.0 Å². The first-order valence-electron chi connectivity index (χ1n) is 9.78. The van der Waals surface area contributed by atoms with Gasteiger partial charge in [0.15, 0.2) is 5.82 Å². The van der Waals surface area contributed by atoms with Gasteiger partial charge in [-0.3, -0.25) is 14.8 Å². The molecule has 1 aromatic heterocycles. The van der Waals surface area contributed by atoms with Crippen molar-refractivity contribution in [3.05, 3.63) is 36.2 Å². The van der Waals surface area contributed by atoms with Crippen molar-refractivity contribution in [3.8, 4) is 11.4 Å². The quantitative estimate of drug-likeness (QED) is 0.867. The van der Waals surface area contributed by atoms with Crippen LogP contribution < -0.4 is 5.32 Å². The summed E-state index contributed by atoms with van der Waals surface area (Å²) in [6, 6.07) is 9.87. The Morgan fingerprint density at radius 1 is 1.08 bits per heavy atom. The lowest BCUT2D eigenvalue weighted by Crippen LogP contribution is -2.58. The highest BCUT2D eigenvalue weighted by molar-refractivity contribution is 5.86. The van der Waals surface area contributed by atoms with Gasteiger partial charge >= 0.3 is 0 Å². The van der Waals surface area contributed by atoms with Crippen LogP contribution in [0.3, 0.4) is 0 Å². The molecule has 2 N–H and O–H groups in total. The highest BCUT2D eigenvalue weighted by Crippen LogP contribution is 2.36. The summed E-state index contributed by atoms with van der Waals surface area (Å²) in [4.78, 5) is 20.1. The van der Waals surface area contributed by atoms with E-state index in [4.69, 9.17) is 0 Å². The van der Waals surface area contributed by atoms with Crippen molar-refractivity contribution >= 4 is 5.91 Å². The van der Waals surface area contributed by atoms with E-state index < -0.39 is 0 Å². The smallest absolute Gasteiger partial charge is 0.240 e. The number of aromatic nitrogens is 3. The summed E-state index contributed by atoms with van der Waals surface area (Å²) >= 11 is 0. The zero-order valence-electron chi connectivity index (χ0n) is 15.2. The summed E-state index contributed by atoms with van der Waals surface area (Å²) in [5, 5.41) is 10.4. The van der Waals surface area contributed by atoms with E-state index in [9.17, 15) is 4.79 Å². The van der Waals surface area contributed by atoms with Crippen LogP contribution in [0.5, 0.6) is 0 Å². The van der Waals surface area contributed by atoms with E-state index in [1.165, 1.54) is 19.3 Å². The number of carbonyl (C=O) groups is 1. The summed E-state index contributed by atoms with van der Waals surface area (Å²) < 4.78 is 0. The Hall–Kier alpha value is -2.21. The maximum atomic E-state index is 13.1. The van der Waals surface area contributed by atoms with E-state index in [0.717, 1.165) is 44.3 Å². The van der Waals surface area contributed by atoms with Gasteiger partial charge < -0.3 is 5.32 Å². The van der Waals surface area contributed by atoms with E-state index in [-0.39, 0.29) is 11.4 Å². The van der Waals surface area contributed by atoms with Gasteiger partial charge in [0.05, 0.1) is 6.54 Å². The molecule has 2 aromatic rings. The number of benzene rings is 1. The first-order chi connectivity index (χ1) is 12.8. The number of aromatic amines is 1. The third-order valence-electron chi connectivity index (χ3n) is 5.79. The molecule has 0 spiro atoms. The van der Waals surface area contributed by atoms with Crippen LogP contribution in [0.25, 0.3) is 11.4 Å². The summed E-state index contributed by atoms with van der Waals surface area (Å²) in [5.41, 5.74) is 0.666. The summed E-state index contributed by atoms with van der Waals surface area (Å²) in [6.07, 6.45) is 7.89. The standard InChI is InChI=1S/C20H27N5O/c26-19(20(11-5-2-6-12-20)25-13-7-8-14-25)21-15-17-22-18(24-23-17)16-9-3-1-4-10-16/h1,3-4,9-10H,2,5-8,11-15H2,(H,21,26)(H,22,23,24). The molecule has 1 aliphatic carbocycles. The van der Waals surface area contributed by atoms with Crippen LogP contribution in [-0.4, -0.2) is 44.6 Å². The molecule has 4 rings (SSSR count). The van der Waals surface area contributed by atoms with Crippen LogP contribution in [0.2, 0.25) is 0 Å². The van der Waals surface area contributed by atoms with Crippen LogP contribution in [0.1, 0.15) is 50.8 Å². The minimum atomic E-state index is -0.309. The van der Waals surface area contributed by atoms with Crippen molar-refractivity contribution in [3.63, 3.8) is 0 Å². The molecule has 0 bridgehead atoms. The number of likely N-dealkylation sites (tertiary alicyclic amines) is 1. The van der Waals surface area contributed by atoms with Crippen molar-refractivity contribution < 1.29 is 4.79 Å². The summed E-state index contributed by atoms with van der Waals surface area (Å²) in [5.74, 6) is 1.53. The fourth-order valence-corrected chi connectivity index (χ4v) is 4.39. The fourth-order valence-electron chi connectivity index (χ4n) is 4.39. The molecule has 1 aromatic carbocycles. The van der Waals surface area contributed by atoms with E-state index >= 15 is 0 Å². The molecule has 1 saturated carbocycles. The van der Waals surface area contributed by atoms with Crippen molar-refractivity contribution in [1.29, 1.82) is 0 Å². The highest BCUT2D eigenvalue weighted by Gasteiger charge is 2.45. The Labute approximate surface area is 154 Å². The number of nitrogens with one attached hydrogen (secondary N) is 2. The van der Waals surface area contributed by atoms with Gasteiger partial charge in [-0.2, -0.15) is 5.10 Å². The van der Waals surface area contributed by atoms with Crippen LogP contribution in [0.4, 0.5) is 0 Å². The number of nitrogens with zero attached hydrogens (tertiary/aromatic N) is 3. The number of amides is 1. The fraction of sp³-hybridized carbons (Fsp3) is 0.550. The van der Waals surface area contributed by atoms with Crippen LogP contribution in [0.15, 0.2) is 30.3 Å². The summed E-state index contributed by atoms with van der Waals surface area (Å²) in [7, 11) is 0. The van der Waals surface area contributed by atoms with Crippen molar-refractivity contribution in [2.24, 2.45) is 0 Å². The minimum absolute atomic E-state index is 0.164. The maximum absolute atomic E-state index is 13.1. The van der Waals surface area contributed by atoms with Gasteiger partial charge in [-0.25, -0.2) is 4.98 Å². The van der Waals surface area contributed by atoms with Crippen LogP contribution >= 0.6 is 0 Å². The minimum Gasteiger partial charge on any atom is -0.347 e. The molecule has 6 nitrogen and oxygen atoms in total. The molecule has 1 aliphatic heterocycles. The topological polar surface area (TPSA) is 73.9 Å². The molecule has 26 heavy (non-hydrogen) atoms. The van der Waals surface area contributed by atoms with Gasteiger partial charge in [-0.05, 0) is 38.8 Å². The normalized spacial score (nSPS) is 20.2. The molecule has 6 heteroatoms. The lowest BCUT2D eigenvalue weighted by atomic mass is 9.79. The molecule has 0 radical (unpaired) electrons. The SMILES string of the molecule is O=C(NCc1nc(-c2ccccc2)n[nH]1)C1(N2CCCC2)CCCCC1. The molecule has 1 saturated heterocycles. The van der Waals surface area contributed by atoms with Gasteiger partial charge in [0.1, 0.15) is 11.4 Å². The van der Waals surface area contributed by atoms with Crippen LogP contribution in [-0.2, 0) is 11.3 Å². The highest BCUT2D eigenvalue weighted by atomic mass is 16.2. The molecule has 138 valence electrons. The van der Waals surface area contributed by atoms with E-state index in [1.54, 1.807) is 0 Å². The van der Waals surface area contributed by atoms with Gasteiger partial charge in [0.25, 0.3) is 0 Å². The second kappa shape index (κ2) is 7.58. The van der Waals surface area contributed by atoms with E-state index in [2.05, 4.69) is 25.4 Å². The Bertz CT molecular complexity index is 730. The first-order valence-corrected chi connectivity index (χ1v) is 9.78. The van der Waals surface area contributed by atoms with Gasteiger partial charge in [-0.1, -0.05) is 49.6 Å². The van der Waals surface area contributed by atoms with E-state index in [0.29, 0.717) is 18.2 Å². The predicted molar refractivity (Wildman–Crippen MR) is 100 cm³/mol. The molecular weight excluding hydrogens is 326 g/mol. The number of rotatable bonds is 5. The first kappa shape index (κ1) is 17.2. The van der Waals surface area contributed by atoms with E-state index in [1.807, 2.05) is 30.3 Å². The molecule has 2 fully saturated rings. The zero-order valence-corrected chi connectivity index (χ0v) is 15.2. The lowest BCUT2D eigenvalue weighted by molar-refractivity contribution is -0.135. The van der Waals surface area contributed by atoms with Crippen molar-refractivity contribution in [1.82, 2.24) is 25.4 Å². The zero-order chi connectivity index (χ0) is 17.8. The second-order valence-corrected chi connectivity index (χ2v) is 7.44. The summed E-state index contributed by atoms with van der Waals surface area (Å²) in [6.45, 7) is 2.50. The Balaban J connectivity index is 1.43. The lowest BCUT2D eigenvalue weighted by Gasteiger charge is -2.43. The molecule has 2 heterocycles. The number of carbonyl (C=O) groups excluding carboxylic acids is 1. The third-order valence-corrected chi connectivity index (χ3v) is 5.79. The molecule has 0 atom stereocenters. The molecular formula is C20H27N5O. The third kappa shape index (κ3) is 3.38. The predicted octanol–water partition coefficient (Wildman–Crippen LogP) is 2.89.